The minimum absolute atomic E-state index is 0. The molecule has 1 aliphatic heterocycles. The molecule has 8 nitrogen and oxygen atoms in total. The predicted octanol–water partition coefficient (Wildman–Crippen LogP) is 2.17. The molecule has 0 radical (unpaired) electrons. The molecule has 3 amide bonds. The van der Waals surface area contributed by atoms with Crippen molar-refractivity contribution in [2.75, 3.05) is 31.5 Å². The number of allylic oxidation sites excluding steroid dienone is 2. The second-order valence-corrected chi connectivity index (χ2v) is 8.64. The number of likely N-dealkylation sites (tertiary alicyclic amines) is 1. The second-order valence-electron chi connectivity index (χ2n) is 8.64. The lowest BCUT2D eigenvalue weighted by atomic mass is 9.85. The van der Waals surface area contributed by atoms with E-state index in [0.717, 1.165) is 30.6 Å². The smallest absolute Gasteiger partial charge is 0.233 e. The monoisotopic (exact) mass is 565 g/mol. The first-order valence-corrected chi connectivity index (χ1v) is 11.4. The van der Waals surface area contributed by atoms with Gasteiger partial charge in [-0.1, -0.05) is 24.3 Å². The number of nitrogens with zero attached hydrogens (tertiary/aromatic N) is 2. The van der Waals surface area contributed by atoms with E-state index in [9.17, 15) is 14.4 Å². The summed E-state index contributed by atoms with van der Waals surface area (Å²) < 4.78 is 0. The molecule has 1 saturated heterocycles. The van der Waals surface area contributed by atoms with E-state index in [0.29, 0.717) is 25.6 Å². The summed E-state index contributed by atoms with van der Waals surface area (Å²) >= 11 is 0. The molecule has 4 unspecified atom stereocenters. The summed E-state index contributed by atoms with van der Waals surface area (Å²) in [6, 6.07) is 7.71. The van der Waals surface area contributed by atoms with Crippen LogP contribution in [0, 0.1) is 23.7 Å². The van der Waals surface area contributed by atoms with Gasteiger partial charge in [0.05, 0.1) is 11.8 Å². The molecular weight excluding hydrogens is 533 g/mol. The highest BCUT2D eigenvalue weighted by Gasteiger charge is 2.58. The van der Waals surface area contributed by atoms with Crippen LogP contribution in [-0.2, 0) is 20.8 Å². The van der Waals surface area contributed by atoms with Crippen molar-refractivity contribution in [3.63, 3.8) is 0 Å². The molecule has 4 atom stereocenters. The zero-order chi connectivity index (χ0) is 22.7. The van der Waals surface area contributed by atoms with Gasteiger partial charge in [0.15, 0.2) is 5.96 Å². The molecule has 2 bridgehead atoms. The Bertz CT molecular complexity index is 916. The van der Waals surface area contributed by atoms with Gasteiger partial charge < -0.3 is 16.0 Å². The van der Waals surface area contributed by atoms with Crippen LogP contribution in [0.15, 0.2) is 41.4 Å². The summed E-state index contributed by atoms with van der Waals surface area (Å²) in [7, 11) is 0. The Hall–Kier alpha value is -2.43. The Morgan fingerprint density at radius 2 is 1.70 bits per heavy atom. The van der Waals surface area contributed by atoms with Gasteiger partial charge in [-0.25, -0.2) is 0 Å². The standard InChI is InChI=1S/C24H31N5O3.HI/c1-3-25-24(26-11-10-16-4-8-19(9-5-16)28-15(2)30)27-12-13-29-22(31)20-17-6-7-18(14-17)21(20)23(29)32;/h4-9,17-18,20-21H,3,10-14H2,1-2H3,(H,28,30)(H2,25,26,27);1H. The average Bonchev–Trinajstić information content (AvgIpc) is 3.44. The summed E-state index contributed by atoms with van der Waals surface area (Å²) in [5.41, 5.74) is 1.90. The van der Waals surface area contributed by atoms with Crippen LogP contribution < -0.4 is 16.0 Å². The molecule has 1 heterocycles. The number of carbonyl (C=O) groups is 3. The van der Waals surface area contributed by atoms with E-state index in [-0.39, 0.29) is 65.4 Å². The highest BCUT2D eigenvalue weighted by atomic mass is 127. The summed E-state index contributed by atoms with van der Waals surface area (Å²) in [5, 5.41) is 9.20. The number of amides is 3. The van der Waals surface area contributed by atoms with Crippen LogP contribution in [-0.4, -0.2) is 54.8 Å². The summed E-state index contributed by atoms with van der Waals surface area (Å²) in [4.78, 5) is 42.7. The van der Waals surface area contributed by atoms with Gasteiger partial charge in [0.1, 0.15) is 0 Å². The Labute approximate surface area is 211 Å². The van der Waals surface area contributed by atoms with Crippen molar-refractivity contribution < 1.29 is 14.4 Å². The number of halogens is 1. The van der Waals surface area contributed by atoms with Gasteiger partial charge in [-0.3, -0.25) is 24.3 Å². The third-order valence-corrected chi connectivity index (χ3v) is 6.48. The SMILES string of the molecule is CCNC(=NCCc1ccc(NC(C)=O)cc1)NCCN1C(=O)C2C3C=CC(C3)C2C1=O.I. The van der Waals surface area contributed by atoms with Crippen LogP contribution in [0.25, 0.3) is 0 Å². The highest BCUT2D eigenvalue weighted by molar-refractivity contribution is 14.0. The molecule has 3 aliphatic rings. The van der Waals surface area contributed by atoms with Crippen LogP contribution in [0.3, 0.4) is 0 Å². The zero-order valence-corrected chi connectivity index (χ0v) is 21.4. The zero-order valence-electron chi connectivity index (χ0n) is 19.0. The van der Waals surface area contributed by atoms with Crippen LogP contribution in [0.1, 0.15) is 25.8 Å². The van der Waals surface area contributed by atoms with E-state index in [4.69, 9.17) is 0 Å². The lowest BCUT2D eigenvalue weighted by Crippen LogP contribution is -2.43. The normalized spacial score (nSPS) is 25.2. The Morgan fingerprint density at radius 1 is 1.06 bits per heavy atom. The molecule has 0 aromatic heterocycles. The predicted molar refractivity (Wildman–Crippen MR) is 138 cm³/mol. The van der Waals surface area contributed by atoms with Crippen LogP contribution in [0.2, 0.25) is 0 Å². The summed E-state index contributed by atoms with van der Waals surface area (Å²) in [6.07, 6.45) is 5.94. The molecule has 4 rings (SSSR count). The van der Waals surface area contributed by atoms with Gasteiger partial charge in [-0.15, -0.1) is 24.0 Å². The molecule has 1 aromatic rings. The number of guanidine groups is 1. The topological polar surface area (TPSA) is 103 Å². The molecule has 33 heavy (non-hydrogen) atoms. The third kappa shape index (κ3) is 5.56. The lowest BCUT2D eigenvalue weighted by molar-refractivity contribution is -0.140. The number of fused-ring (bicyclic) bond motifs is 5. The quantitative estimate of drug-likeness (QED) is 0.148. The fourth-order valence-electron chi connectivity index (χ4n) is 5.07. The Balaban J connectivity index is 0.00000306. The Morgan fingerprint density at radius 3 is 2.27 bits per heavy atom. The van der Waals surface area contributed by atoms with Crippen molar-refractivity contribution in [3.05, 3.63) is 42.0 Å². The maximum absolute atomic E-state index is 12.8. The second kappa shape index (κ2) is 11.1. The van der Waals surface area contributed by atoms with Gasteiger partial charge in [-0.05, 0) is 49.3 Å². The molecule has 3 N–H and O–H groups in total. The van der Waals surface area contributed by atoms with Crippen molar-refractivity contribution in [2.45, 2.75) is 26.7 Å². The van der Waals surface area contributed by atoms with Crippen molar-refractivity contribution in [2.24, 2.45) is 28.7 Å². The number of rotatable bonds is 8. The van der Waals surface area contributed by atoms with Gasteiger partial charge in [0.25, 0.3) is 0 Å². The summed E-state index contributed by atoms with van der Waals surface area (Å²) in [6.45, 7) is 5.62. The lowest BCUT2D eigenvalue weighted by Gasteiger charge is -2.18. The number of imide groups is 1. The van der Waals surface area contributed by atoms with Gasteiger partial charge >= 0.3 is 0 Å². The van der Waals surface area contributed by atoms with E-state index < -0.39 is 0 Å². The number of aliphatic imine (C=N–C) groups is 1. The van der Waals surface area contributed by atoms with E-state index in [1.165, 1.54) is 11.8 Å². The average molecular weight is 565 g/mol. The molecule has 0 spiro atoms. The Kier molecular flexibility index (Phi) is 8.50. The summed E-state index contributed by atoms with van der Waals surface area (Å²) in [5.74, 6) is 0.757. The first kappa shape index (κ1) is 25.2. The molecule has 2 fully saturated rings. The molecular formula is C24H32IN5O3. The maximum atomic E-state index is 12.8. The van der Waals surface area contributed by atoms with Crippen LogP contribution in [0.5, 0.6) is 0 Å². The molecule has 9 heteroatoms. The molecule has 1 saturated carbocycles. The number of nitrogens with one attached hydrogen (secondary N) is 3. The number of anilines is 1. The minimum Gasteiger partial charge on any atom is -0.357 e. The third-order valence-electron chi connectivity index (χ3n) is 6.48. The van der Waals surface area contributed by atoms with Crippen molar-refractivity contribution >= 4 is 53.3 Å². The van der Waals surface area contributed by atoms with Gasteiger partial charge in [0.2, 0.25) is 17.7 Å². The molecule has 2 aliphatic carbocycles. The van der Waals surface area contributed by atoms with Gasteiger partial charge in [0, 0.05) is 38.8 Å². The van der Waals surface area contributed by atoms with Gasteiger partial charge in [-0.2, -0.15) is 0 Å². The van der Waals surface area contributed by atoms with Crippen molar-refractivity contribution in [3.8, 4) is 0 Å². The van der Waals surface area contributed by atoms with E-state index in [1.807, 2.05) is 31.2 Å². The van der Waals surface area contributed by atoms with E-state index in [1.54, 1.807) is 0 Å². The largest absolute Gasteiger partial charge is 0.357 e. The van der Waals surface area contributed by atoms with Crippen molar-refractivity contribution in [1.82, 2.24) is 15.5 Å². The van der Waals surface area contributed by atoms with Crippen LogP contribution >= 0.6 is 24.0 Å². The van der Waals surface area contributed by atoms with E-state index >= 15 is 0 Å². The molecule has 178 valence electrons. The number of benzene rings is 1. The molecule has 1 aromatic carbocycles. The number of carbonyl (C=O) groups excluding carboxylic acids is 3. The first-order chi connectivity index (χ1) is 15.5. The van der Waals surface area contributed by atoms with Crippen LogP contribution in [0.4, 0.5) is 5.69 Å². The fourth-order valence-corrected chi connectivity index (χ4v) is 5.07. The fraction of sp³-hybridized carbons (Fsp3) is 0.500. The van der Waals surface area contributed by atoms with E-state index in [2.05, 4.69) is 33.1 Å². The highest BCUT2D eigenvalue weighted by Crippen LogP contribution is 2.52. The first-order valence-electron chi connectivity index (χ1n) is 11.4. The van der Waals surface area contributed by atoms with Crippen molar-refractivity contribution in [1.29, 1.82) is 0 Å². The maximum Gasteiger partial charge on any atom is 0.233 e. The number of hydrogen-bond donors (Lipinski definition) is 3. The number of hydrogen-bond acceptors (Lipinski definition) is 4. The minimum atomic E-state index is -0.142.